The zero-order valence-electron chi connectivity index (χ0n) is 17.5. The van der Waals surface area contributed by atoms with Crippen LogP contribution < -0.4 is 21.2 Å². The van der Waals surface area contributed by atoms with E-state index in [9.17, 15) is 9.59 Å². The van der Waals surface area contributed by atoms with Gasteiger partial charge in [0.2, 0.25) is 11.5 Å². The summed E-state index contributed by atoms with van der Waals surface area (Å²) < 4.78 is 9.06. The van der Waals surface area contributed by atoms with Crippen LogP contribution in [0.15, 0.2) is 35.3 Å². The molecule has 5 rings (SSSR count). The molecular formula is C23H28N5O3+. The molecule has 8 heteroatoms. The molecule has 1 saturated heterocycles. The van der Waals surface area contributed by atoms with Crippen LogP contribution in [0, 0.1) is 0 Å². The van der Waals surface area contributed by atoms with Gasteiger partial charge in [-0.2, -0.15) is 0 Å². The molecule has 1 saturated carbocycles. The Labute approximate surface area is 180 Å². The van der Waals surface area contributed by atoms with Crippen LogP contribution in [0.4, 0.5) is 5.82 Å². The number of hydrogen-bond donors (Lipinski definition) is 2. The third kappa shape index (κ3) is 3.65. The second-order valence-corrected chi connectivity index (χ2v) is 8.53. The first kappa shape index (κ1) is 19.9. The second kappa shape index (κ2) is 8.26. The Hall–Kier alpha value is -3.00. The summed E-state index contributed by atoms with van der Waals surface area (Å²) in [5.74, 6) is 0.0911. The number of hydrogen-bond acceptors (Lipinski definition) is 5. The minimum Gasteiger partial charge on any atom is -0.376 e. The van der Waals surface area contributed by atoms with Gasteiger partial charge >= 0.3 is 0 Å². The van der Waals surface area contributed by atoms with E-state index < -0.39 is 0 Å². The lowest BCUT2D eigenvalue weighted by Gasteiger charge is -2.24. The lowest BCUT2D eigenvalue weighted by Crippen LogP contribution is -2.47. The Morgan fingerprint density at radius 1 is 1.23 bits per heavy atom. The van der Waals surface area contributed by atoms with Gasteiger partial charge in [0.25, 0.3) is 17.1 Å². The number of nitrogens with two attached hydrogens (primary N) is 1. The highest BCUT2D eigenvalue weighted by atomic mass is 16.5. The number of nitrogens with zero attached hydrogens (tertiary/aromatic N) is 3. The van der Waals surface area contributed by atoms with Crippen molar-refractivity contribution >= 4 is 28.4 Å². The van der Waals surface area contributed by atoms with Crippen molar-refractivity contribution in [1.29, 1.82) is 0 Å². The zero-order valence-corrected chi connectivity index (χ0v) is 17.5. The lowest BCUT2D eigenvalue weighted by atomic mass is 9.94. The van der Waals surface area contributed by atoms with E-state index in [2.05, 4.69) is 5.32 Å². The van der Waals surface area contributed by atoms with Gasteiger partial charge in [0.05, 0.1) is 12.1 Å². The molecule has 8 nitrogen and oxygen atoms in total. The number of nitrogen functional groups attached to an aromatic ring is 1. The maximum atomic E-state index is 13.3. The third-order valence-electron chi connectivity index (χ3n) is 6.50. The van der Waals surface area contributed by atoms with E-state index in [0.29, 0.717) is 34.6 Å². The van der Waals surface area contributed by atoms with Crippen molar-refractivity contribution in [1.82, 2.24) is 14.7 Å². The van der Waals surface area contributed by atoms with E-state index in [4.69, 9.17) is 15.5 Å². The Kier molecular flexibility index (Phi) is 5.31. The largest absolute Gasteiger partial charge is 0.376 e. The van der Waals surface area contributed by atoms with Gasteiger partial charge in [0.15, 0.2) is 0 Å². The molecule has 1 aliphatic carbocycles. The van der Waals surface area contributed by atoms with Crippen LogP contribution in [-0.4, -0.2) is 34.5 Å². The van der Waals surface area contributed by atoms with Crippen molar-refractivity contribution in [2.45, 2.75) is 57.1 Å². The van der Waals surface area contributed by atoms with E-state index in [0.717, 1.165) is 45.1 Å². The van der Waals surface area contributed by atoms with E-state index in [-0.39, 0.29) is 23.6 Å². The molecule has 1 amide bonds. The first-order chi connectivity index (χ1) is 15.1. The van der Waals surface area contributed by atoms with Gasteiger partial charge in [0, 0.05) is 19.3 Å². The van der Waals surface area contributed by atoms with Gasteiger partial charge in [-0.3, -0.25) is 14.0 Å². The monoisotopic (exact) mass is 422 g/mol. The molecule has 1 atom stereocenters. The number of pyridine rings is 2. The maximum Gasteiger partial charge on any atom is 0.278 e. The van der Waals surface area contributed by atoms with Crippen LogP contribution in [0.3, 0.4) is 0 Å². The fourth-order valence-corrected chi connectivity index (χ4v) is 4.86. The molecule has 3 N–H and O–H groups in total. The van der Waals surface area contributed by atoms with Crippen molar-refractivity contribution < 1.29 is 14.1 Å². The number of aromatic nitrogens is 3. The Morgan fingerprint density at radius 3 is 2.84 bits per heavy atom. The minimum atomic E-state index is -0.281. The highest BCUT2D eigenvalue weighted by Crippen LogP contribution is 2.27. The zero-order chi connectivity index (χ0) is 21.4. The molecule has 3 aromatic heterocycles. The number of amides is 1. The molecule has 2 fully saturated rings. The smallest absolute Gasteiger partial charge is 0.278 e. The standard InChI is InChI=1S/C23H27N5O3/c24-20-17(22(29)25-14-16-9-6-12-31-16)13-18-21(28(20)15-7-2-1-3-8-15)26-19-10-4-5-11-27(19)23(18)30/h4-5,10-11,13,15-16,24H,1-3,6-9,12,14H2,(H,25,29)/p+1/t16-/m1/s1. The molecule has 1 aliphatic heterocycles. The van der Waals surface area contributed by atoms with Gasteiger partial charge in [-0.15, -0.1) is 0 Å². The minimum absolute atomic E-state index is 0.0346. The topological polar surface area (TPSA) is 103 Å². The predicted octanol–water partition coefficient (Wildman–Crippen LogP) is 2.13. The first-order valence-electron chi connectivity index (χ1n) is 11.2. The molecule has 0 unspecified atom stereocenters. The van der Waals surface area contributed by atoms with Gasteiger partial charge in [-0.25, -0.2) is 4.57 Å². The van der Waals surface area contributed by atoms with Crippen LogP contribution in [0.1, 0.15) is 61.3 Å². The Bertz CT molecular complexity index is 1190. The molecular weight excluding hydrogens is 394 g/mol. The van der Waals surface area contributed by atoms with Crippen LogP contribution in [-0.2, 0) is 4.74 Å². The molecule has 31 heavy (non-hydrogen) atoms. The summed E-state index contributed by atoms with van der Waals surface area (Å²) in [6, 6.07) is 7.19. The molecule has 0 spiro atoms. The van der Waals surface area contributed by atoms with Gasteiger partial charge in [-0.05, 0) is 56.7 Å². The summed E-state index contributed by atoms with van der Waals surface area (Å²) >= 11 is 0. The number of fused-ring (bicyclic) bond motifs is 2. The van der Waals surface area contributed by atoms with Crippen LogP contribution in [0.5, 0.6) is 0 Å². The van der Waals surface area contributed by atoms with Crippen molar-refractivity contribution in [3.05, 3.63) is 46.4 Å². The number of rotatable bonds is 4. The lowest BCUT2D eigenvalue weighted by molar-refractivity contribution is -0.689. The second-order valence-electron chi connectivity index (χ2n) is 8.53. The number of carbonyl (C=O) groups is 1. The van der Waals surface area contributed by atoms with E-state index in [1.807, 2.05) is 16.7 Å². The molecule has 4 heterocycles. The fourth-order valence-electron chi connectivity index (χ4n) is 4.86. The van der Waals surface area contributed by atoms with Crippen molar-refractivity contribution in [2.24, 2.45) is 0 Å². The fraction of sp³-hybridized carbons (Fsp3) is 0.478. The number of nitrogens with one attached hydrogen (secondary N) is 1. The van der Waals surface area contributed by atoms with Crippen molar-refractivity contribution in [3.8, 4) is 0 Å². The molecule has 162 valence electrons. The Balaban J connectivity index is 1.65. The van der Waals surface area contributed by atoms with Crippen LogP contribution in [0.2, 0.25) is 0 Å². The molecule has 2 aliphatic rings. The number of carbonyl (C=O) groups excluding carboxylic acids is 1. The predicted molar refractivity (Wildman–Crippen MR) is 117 cm³/mol. The normalized spacial score (nSPS) is 19.8. The number of ether oxygens (including phenoxy) is 1. The molecule has 0 radical (unpaired) electrons. The average Bonchev–Trinajstić information content (AvgIpc) is 3.32. The highest BCUT2D eigenvalue weighted by molar-refractivity contribution is 6.00. The summed E-state index contributed by atoms with van der Waals surface area (Å²) in [6.45, 7) is 1.17. The van der Waals surface area contributed by atoms with Crippen LogP contribution >= 0.6 is 0 Å². The van der Waals surface area contributed by atoms with Crippen LogP contribution in [0.25, 0.3) is 16.7 Å². The molecule has 3 aromatic rings. The van der Waals surface area contributed by atoms with Gasteiger partial charge in [0.1, 0.15) is 10.9 Å². The molecule has 0 aromatic carbocycles. The highest BCUT2D eigenvalue weighted by Gasteiger charge is 2.30. The summed E-state index contributed by atoms with van der Waals surface area (Å²) in [7, 11) is 0. The van der Waals surface area contributed by atoms with Gasteiger partial charge < -0.3 is 15.8 Å². The SMILES string of the molecule is Nc1c(C(=O)NC[C@H]2CCCO2)cc2c(=O)n3ccccc3nc2[n+]1C1CCCCC1. The average molecular weight is 423 g/mol. The third-order valence-corrected chi connectivity index (χ3v) is 6.50. The van der Waals surface area contributed by atoms with E-state index in [1.165, 1.54) is 10.8 Å². The first-order valence-corrected chi connectivity index (χ1v) is 11.2. The maximum absolute atomic E-state index is 13.3. The summed E-state index contributed by atoms with van der Waals surface area (Å²) in [4.78, 5) is 31.2. The number of anilines is 1. The van der Waals surface area contributed by atoms with E-state index in [1.54, 1.807) is 18.3 Å². The Morgan fingerprint density at radius 2 is 2.06 bits per heavy atom. The summed E-state index contributed by atoms with van der Waals surface area (Å²) in [5.41, 5.74) is 7.83. The summed E-state index contributed by atoms with van der Waals surface area (Å²) in [5, 5.41) is 3.35. The molecule has 0 bridgehead atoms. The van der Waals surface area contributed by atoms with Crippen molar-refractivity contribution in [3.63, 3.8) is 0 Å². The van der Waals surface area contributed by atoms with Crippen molar-refractivity contribution in [2.75, 3.05) is 18.9 Å². The van der Waals surface area contributed by atoms with Gasteiger partial charge in [-0.1, -0.05) is 17.5 Å². The van der Waals surface area contributed by atoms with E-state index >= 15 is 0 Å². The quantitative estimate of drug-likeness (QED) is 0.495. The summed E-state index contributed by atoms with van der Waals surface area (Å²) in [6.07, 6.45) is 8.98.